The van der Waals surface area contributed by atoms with E-state index in [-0.39, 0.29) is 28.0 Å². The smallest absolute Gasteiger partial charge is 0.194 e. The third-order valence-corrected chi connectivity index (χ3v) is 6.39. The van der Waals surface area contributed by atoms with Crippen LogP contribution in [-0.4, -0.2) is 47.5 Å². The number of carbonyl (C=O) groups is 1. The summed E-state index contributed by atoms with van der Waals surface area (Å²) in [5.41, 5.74) is 1.05. The van der Waals surface area contributed by atoms with E-state index < -0.39 is 12.0 Å². The lowest BCUT2D eigenvalue weighted by atomic mass is 9.88. The summed E-state index contributed by atoms with van der Waals surface area (Å²) in [6, 6.07) is 7.42. The monoisotopic (exact) mass is 464 g/mol. The van der Waals surface area contributed by atoms with E-state index in [4.69, 9.17) is 14.2 Å². The number of hydrogen-bond acceptors (Lipinski definition) is 6. The molecule has 0 spiro atoms. The first kappa shape index (κ1) is 28.3. The summed E-state index contributed by atoms with van der Waals surface area (Å²) in [6.45, 7) is 15.6. The van der Waals surface area contributed by atoms with Crippen LogP contribution in [0.4, 0.5) is 0 Å². The van der Waals surface area contributed by atoms with E-state index in [0.717, 1.165) is 17.1 Å². The van der Waals surface area contributed by atoms with Gasteiger partial charge in [-0.05, 0) is 31.2 Å². The van der Waals surface area contributed by atoms with E-state index in [1.807, 2.05) is 65.0 Å². The number of ether oxygens (including phenoxy) is 3. The fraction of sp³-hybridized carbons (Fsp3) is 0.577. The first-order valence-electron chi connectivity index (χ1n) is 11.0. The number of hydrogen-bond donors (Lipinski definition) is 1. The Morgan fingerprint density at radius 3 is 2.19 bits per heavy atom. The Morgan fingerprint density at radius 1 is 1.16 bits per heavy atom. The van der Waals surface area contributed by atoms with Gasteiger partial charge in [0.15, 0.2) is 5.12 Å². The van der Waals surface area contributed by atoms with Crippen molar-refractivity contribution in [3.05, 3.63) is 48.6 Å². The molecule has 1 aromatic rings. The van der Waals surface area contributed by atoms with E-state index >= 15 is 0 Å². The highest BCUT2D eigenvalue weighted by Crippen LogP contribution is 2.31. The molecule has 5 atom stereocenters. The van der Waals surface area contributed by atoms with Gasteiger partial charge in [-0.15, -0.1) is 0 Å². The van der Waals surface area contributed by atoms with Crippen LogP contribution in [0.3, 0.4) is 0 Å². The quantitative estimate of drug-likeness (QED) is 0.402. The maximum atomic E-state index is 12.5. The summed E-state index contributed by atoms with van der Waals surface area (Å²) < 4.78 is 16.7. The van der Waals surface area contributed by atoms with Gasteiger partial charge in [0.05, 0.1) is 25.2 Å². The standard InChI is InChI=1S/C26H40O5S/c1-10-20(31-22-13-11-21(29-8)12-14-22)15-17(2)16-23(30-9)18(3)24(27)19(4)25(28)32-26(5,6)7/h10-14,16,18-20,23-24,27H,1,15H2,2-9H3/b17-16+/t18-,19+,20+,23-,24+/m1/s1. The van der Waals surface area contributed by atoms with Crippen molar-refractivity contribution in [2.24, 2.45) is 11.8 Å². The summed E-state index contributed by atoms with van der Waals surface area (Å²) in [7, 11) is 3.24. The minimum atomic E-state index is -0.808. The van der Waals surface area contributed by atoms with Crippen LogP contribution in [0, 0.1) is 11.8 Å². The fourth-order valence-electron chi connectivity index (χ4n) is 3.29. The van der Waals surface area contributed by atoms with Gasteiger partial charge in [0, 0.05) is 24.2 Å². The first-order chi connectivity index (χ1) is 14.9. The fourth-order valence-corrected chi connectivity index (χ4v) is 4.22. The molecule has 0 unspecified atom stereocenters. The molecule has 180 valence electrons. The van der Waals surface area contributed by atoms with Crippen LogP contribution in [-0.2, 0) is 9.53 Å². The minimum absolute atomic E-state index is 0.00739. The van der Waals surface area contributed by atoms with Crippen molar-refractivity contribution in [3.63, 3.8) is 0 Å². The molecule has 0 aliphatic rings. The van der Waals surface area contributed by atoms with Gasteiger partial charge in [-0.2, -0.15) is 0 Å². The van der Waals surface area contributed by atoms with Gasteiger partial charge in [0.25, 0.3) is 0 Å². The maximum absolute atomic E-state index is 12.5. The van der Waals surface area contributed by atoms with E-state index in [1.54, 1.807) is 27.2 Å². The van der Waals surface area contributed by atoms with E-state index in [2.05, 4.69) is 6.58 Å². The van der Waals surface area contributed by atoms with Gasteiger partial charge in [-0.1, -0.05) is 70.7 Å². The number of thioether (sulfide) groups is 1. The van der Waals surface area contributed by atoms with Crippen LogP contribution < -0.4 is 9.47 Å². The zero-order valence-electron chi connectivity index (χ0n) is 20.8. The molecule has 0 saturated carbocycles. The van der Waals surface area contributed by atoms with Crippen LogP contribution in [0.2, 0.25) is 0 Å². The van der Waals surface area contributed by atoms with Crippen molar-refractivity contribution in [2.75, 3.05) is 14.2 Å². The van der Waals surface area contributed by atoms with Crippen LogP contribution in [0.15, 0.2) is 48.6 Å². The molecule has 0 bridgehead atoms. The molecule has 0 heterocycles. The van der Waals surface area contributed by atoms with Crippen LogP contribution in [0.1, 0.15) is 48.0 Å². The number of aliphatic hydroxyl groups is 1. The van der Waals surface area contributed by atoms with Gasteiger partial charge < -0.3 is 19.3 Å². The zero-order valence-corrected chi connectivity index (χ0v) is 21.6. The Labute approximate surface area is 198 Å². The van der Waals surface area contributed by atoms with Gasteiger partial charge in [-0.25, -0.2) is 0 Å². The van der Waals surface area contributed by atoms with Crippen molar-refractivity contribution in [1.29, 1.82) is 0 Å². The SMILES string of the molecule is C=C[C@@H](C/C(C)=C/[C@@H](OC)[C@@H](C)[C@H](O)[C@H](C)C(=O)SC(C)(C)C)Oc1ccc(OC)cc1. The Kier molecular flexibility index (Phi) is 11.5. The lowest BCUT2D eigenvalue weighted by molar-refractivity contribution is -0.119. The Balaban J connectivity index is 2.81. The topological polar surface area (TPSA) is 65.0 Å². The summed E-state index contributed by atoms with van der Waals surface area (Å²) in [6.07, 6.45) is 3.05. The van der Waals surface area contributed by atoms with Crippen molar-refractivity contribution < 1.29 is 24.1 Å². The second kappa shape index (κ2) is 13.1. The number of benzene rings is 1. The molecular formula is C26H40O5S. The summed E-state index contributed by atoms with van der Waals surface area (Å²) in [5, 5.41) is 10.8. The predicted molar refractivity (Wildman–Crippen MR) is 133 cm³/mol. The van der Waals surface area contributed by atoms with E-state index in [9.17, 15) is 9.90 Å². The molecule has 1 rings (SSSR count). The van der Waals surface area contributed by atoms with Crippen LogP contribution >= 0.6 is 11.8 Å². The second-order valence-corrected chi connectivity index (χ2v) is 11.0. The highest BCUT2D eigenvalue weighted by atomic mass is 32.2. The predicted octanol–water partition coefficient (Wildman–Crippen LogP) is 5.67. The van der Waals surface area contributed by atoms with Crippen molar-refractivity contribution in [3.8, 4) is 11.5 Å². The van der Waals surface area contributed by atoms with Crippen LogP contribution in [0.5, 0.6) is 11.5 Å². The molecule has 5 nitrogen and oxygen atoms in total. The molecule has 6 heteroatoms. The number of aliphatic hydroxyl groups excluding tert-OH is 1. The Hall–Kier alpha value is -1.76. The molecule has 0 radical (unpaired) electrons. The lowest BCUT2D eigenvalue weighted by Crippen LogP contribution is -2.37. The third-order valence-electron chi connectivity index (χ3n) is 5.20. The van der Waals surface area contributed by atoms with Crippen molar-refractivity contribution in [1.82, 2.24) is 0 Å². The van der Waals surface area contributed by atoms with Crippen molar-refractivity contribution in [2.45, 2.75) is 71.0 Å². The largest absolute Gasteiger partial charge is 0.497 e. The molecule has 1 N–H and O–H groups in total. The molecule has 32 heavy (non-hydrogen) atoms. The average molecular weight is 465 g/mol. The van der Waals surface area contributed by atoms with Crippen LogP contribution in [0.25, 0.3) is 0 Å². The second-order valence-electron chi connectivity index (χ2n) is 9.16. The Morgan fingerprint density at radius 2 is 1.72 bits per heavy atom. The van der Waals surface area contributed by atoms with Gasteiger partial charge >= 0.3 is 0 Å². The van der Waals surface area contributed by atoms with Gasteiger partial charge in [0.2, 0.25) is 0 Å². The molecule has 0 aromatic heterocycles. The number of methoxy groups -OCH3 is 2. The van der Waals surface area contributed by atoms with E-state index in [0.29, 0.717) is 6.42 Å². The zero-order chi connectivity index (χ0) is 24.5. The molecule has 0 amide bonds. The molecule has 0 fully saturated rings. The van der Waals surface area contributed by atoms with Gasteiger partial charge in [0.1, 0.15) is 17.6 Å². The highest BCUT2D eigenvalue weighted by Gasteiger charge is 2.33. The Bertz CT molecular complexity index is 750. The van der Waals surface area contributed by atoms with E-state index in [1.165, 1.54) is 11.8 Å². The summed E-state index contributed by atoms with van der Waals surface area (Å²) >= 11 is 1.27. The number of carbonyl (C=O) groups excluding carboxylic acids is 1. The summed E-state index contributed by atoms with van der Waals surface area (Å²) in [5.74, 6) is 0.769. The first-order valence-corrected chi connectivity index (χ1v) is 11.8. The lowest BCUT2D eigenvalue weighted by Gasteiger charge is -2.30. The molecule has 0 aliphatic carbocycles. The molecule has 1 aromatic carbocycles. The third kappa shape index (κ3) is 9.39. The molecule has 0 saturated heterocycles. The van der Waals surface area contributed by atoms with Gasteiger partial charge in [-0.3, -0.25) is 4.79 Å². The van der Waals surface area contributed by atoms with Crippen molar-refractivity contribution >= 4 is 16.9 Å². The normalized spacial score (nSPS) is 17.1. The number of rotatable bonds is 12. The molecular weight excluding hydrogens is 424 g/mol. The average Bonchev–Trinajstić information content (AvgIpc) is 2.74. The molecule has 0 aliphatic heterocycles. The maximum Gasteiger partial charge on any atom is 0.194 e. The highest BCUT2D eigenvalue weighted by molar-refractivity contribution is 8.14. The summed E-state index contributed by atoms with van der Waals surface area (Å²) in [4.78, 5) is 12.5. The minimum Gasteiger partial charge on any atom is -0.497 e.